The van der Waals surface area contributed by atoms with Crippen LogP contribution in [0.4, 0.5) is 0 Å². The molecule has 3 heteroatoms. The Hall–Kier alpha value is -0.0331. The van der Waals surface area contributed by atoms with E-state index in [1.54, 1.807) is 0 Å². The molecule has 1 nitrogen and oxygen atoms in total. The molecule has 0 spiro atoms. The second-order valence-electron chi connectivity index (χ2n) is 4.47. The number of aryl methyl sites for hydroxylation is 1. The Kier molecular flexibility index (Phi) is 4.64. The van der Waals surface area contributed by atoms with Crippen molar-refractivity contribution >= 4 is 32.8 Å². The molecule has 1 aromatic carbocycles. The van der Waals surface area contributed by atoms with E-state index >= 15 is 0 Å². The Morgan fingerprint density at radius 3 is 2.53 bits per heavy atom. The van der Waals surface area contributed by atoms with Gasteiger partial charge in [0.25, 0.3) is 0 Å². The largest absolute Gasteiger partial charge is 0.488 e. The summed E-state index contributed by atoms with van der Waals surface area (Å²) >= 11 is 2.31. The third-order valence-electron chi connectivity index (χ3n) is 1.84. The van der Waals surface area contributed by atoms with Gasteiger partial charge in [-0.25, -0.2) is 0 Å². The molecule has 0 atom stereocenters. The van der Waals surface area contributed by atoms with Crippen LogP contribution in [-0.2, 0) is 6.42 Å². The Morgan fingerprint density at radius 1 is 1.33 bits per heavy atom. The number of hydrogen-bond donors (Lipinski definition) is 0. The lowest BCUT2D eigenvalue weighted by Crippen LogP contribution is -2.23. The van der Waals surface area contributed by atoms with Crippen molar-refractivity contribution in [1.29, 1.82) is 0 Å². The van der Waals surface area contributed by atoms with Gasteiger partial charge in [-0.2, -0.15) is 0 Å². The molecule has 0 saturated carbocycles. The van der Waals surface area contributed by atoms with Crippen LogP contribution in [0.5, 0.6) is 5.75 Å². The summed E-state index contributed by atoms with van der Waals surface area (Å²) in [6, 6.07) is 7.32. The Labute approximate surface area is 109 Å². The molecule has 0 amide bonds. The van der Waals surface area contributed by atoms with Gasteiger partial charge in [0.05, 0.1) is 0 Å². The van der Waals surface area contributed by atoms with Crippen LogP contribution in [-0.4, -0.2) is 15.8 Å². The zero-order chi connectivity index (χ0) is 11.5. The van der Waals surface area contributed by atoms with Gasteiger partial charge in [0.2, 0.25) is 0 Å². The molecule has 3 radical (unpaired) electrons. The highest BCUT2D eigenvalue weighted by atomic mass is 127. The van der Waals surface area contributed by atoms with Crippen molar-refractivity contribution in [2.75, 3.05) is 0 Å². The molecule has 1 aromatic rings. The molecule has 0 aliphatic rings. The van der Waals surface area contributed by atoms with Gasteiger partial charge in [0.1, 0.15) is 11.4 Å². The highest BCUT2D eigenvalue weighted by molar-refractivity contribution is 14.1. The van der Waals surface area contributed by atoms with Crippen LogP contribution in [0.3, 0.4) is 0 Å². The third-order valence-corrected chi connectivity index (χ3v) is 2.76. The lowest BCUT2D eigenvalue weighted by molar-refractivity contribution is 0.129. The number of benzene rings is 1. The summed E-state index contributed by atoms with van der Waals surface area (Å²) in [7, 11) is 3.51. The van der Waals surface area contributed by atoms with Crippen molar-refractivity contribution in [3.05, 3.63) is 27.3 Å². The average molecular weight is 331 g/mol. The van der Waals surface area contributed by atoms with E-state index in [1.165, 1.54) is 9.13 Å². The second-order valence-corrected chi connectivity index (χ2v) is 6.21. The van der Waals surface area contributed by atoms with Crippen LogP contribution in [0.1, 0.15) is 26.3 Å². The van der Waals surface area contributed by atoms with Gasteiger partial charge < -0.3 is 4.74 Å². The van der Waals surface area contributed by atoms with E-state index in [9.17, 15) is 0 Å². The van der Waals surface area contributed by atoms with Crippen molar-refractivity contribution in [2.45, 2.75) is 38.8 Å². The van der Waals surface area contributed by atoms with E-state index in [0.717, 1.165) is 18.2 Å². The van der Waals surface area contributed by atoms with Gasteiger partial charge in [-0.1, -0.05) is 12.1 Å². The van der Waals surface area contributed by atoms with Crippen LogP contribution >= 0.6 is 22.6 Å². The summed E-state index contributed by atoms with van der Waals surface area (Å²) in [6.07, 6.45) is 0.999. The zero-order valence-electron chi connectivity index (χ0n) is 9.43. The first-order valence-electron chi connectivity index (χ1n) is 5.04. The van der Waals surface area contributed by atoms with Crippen molar-refractivity contribution in [2.24, 2.45) is 0 Å². The maximum atomic E-state index is 5.94. The van der Waals surface area contributed by atoms with Gasteiger partial charge in [-0.15, -0.1) is 0 Å². The van der Waals surface area contributed by atoms with Crippen LogP contribution in [0.2, 0.25) is 6.04 Å². The van der Waals surface area contributed by atoms with Crippen LogP contribution < -0.4 is 4.74 Å². The number of hydrogen-bond acceptors (Lipinski definition) is 1. The maximum absolute atomic E-state index is 5.94. The van der Waals surface area contributed by atoms with Gasteiger partial charge >= 0.3 is 0 Å². The Morgan fingerprint density at radius 2 is 2.00 bits per heavy atom. The molecule has 0 aliphatic carbocycles. The van der Waals surface area contributed by atoms with E-state index < -0.39 is 0 Å². The Balaban J connectivity index is 2.96. The molecule has 1 rings (SSSR count). The lowest BCUT2D eigenvalue weighted by Gasteiger charge is -2.23. The predicted molar refractivity (Wildman–Crippen MR) is 73.8 cm³/mol. The van der Waals surface area contributed by atoms with Crippen molar-refractivity contribution in [3.63, 3.8) is 0 Å². The van der Waals surface area contributed by atoms with Gasteiger partial charge in [0.15, 0.2) is 0 Å². The van der Waals surface area contributed by atoms with Crippen LogP contribution in [0.15, 0.2) is 18.2 Å². The van der Waals surface area contributed by atoms with E-state index in [2.05, 4.69) is 71.8 Å². The monoisotopic (exact) mass is 331 g/mol. The van der Waals surface area contributed by atoms with Crippen molar-refractivity contribution < 1.29 is 4.74 Å². The predicted octanol–water partition coefficient (Wildman–Crippen LogP) is 3.60. The van der Waals surface area contributed by atoms with Gasteiger partial charge in [-0.3, -0.25) is 0 Å². The van der Waals surface area contributed by atoms with Gasteiger partial charge in [0, 0.05) is 13.8 Å². The SMILES string of the molecule is CC(C)(C)Oc1cc(I)ccc1CC[Si]. The fraction of sp³-hybridized carbons (Fsp3) is 0.500. The molecule has 15 heavy (non-hydrogen) atoms. The lowest BCUT2D eigenvalue weighted by atomic mass is 10.1. The van der Waals surface area contributed by atoms with Crippen LogP contribution in [0.25, 0.3) is 0 Å². The Bertz CT molecular complexity index is 331. The van der Waals surface area contributed by atoms with Crippen molar-refractivity contribution in [3.8, 4) is 5.75 Å². The molecular weight excluding hydrogens is 315 g/mol. The summed E-state index contributed by atoms with van der Waals surface area (Å²) < 4.78 is 7.15. The molecule has 0 fully saturated rings. The summed E-state index contributed by atoms with van der Waals surface area (Å²) in [5, 5.41) is 0. The molecular formula is C12H16IOSi. The standard InChI is InChI=1S/C12H16IOSi/c1-12(2,3)14-11-8-10(13)5-4-9(11)6-7-15/h4-5,8H,6-7H2,1-3H3. The zero-order valence-corrected chi connectivity index (χ0v) is 12.6. The summed E-state index contributed by atoms with van der Waals surface area (Å²) in [4.78, 5) is 0. The number of rotatable bonds is 3. The first kappa shape index (κ1) is 13.0. The minimum atomic E-state index is -0.134. The van der Waals surface area contributed by atoms with E-state index in [4.69, 9.17) is 4.74 Å². The second kappa shape index (κ2) is 5.34. The van der Waals surface area contributed by atoms with E-state index in [-0.39, 0.29) is 5.60 Å². The molecule has 81 valence electrons. The molecule has 0 unspecified atom stereocenters. The summed E-state index contributed by atoms with van der Waals surface area (Å²) in [5.41, 5.74) is 1.13. The smallest absolute Gasteiger partial charge is 0.124 e. The van der Waals surface area contributed by atoms with E-state index in [1.807, 2.05) is 0 Å². The topological polar surface area (TPSA) is 9.23 Å². The maximum Gasteiger partial charge on any atom is 0.124 e. The number of halogens is 1. The average Bonchev–Trinajstić information content (AvgIpc) is 2.07. The molecule has 0 bridgehead atoms. The van der Waals surface area contributed by atoms with Crippen LogP contribution in [0, 0.1) is 3.57 Å². The first-order chi connectivity index (χ1) is 6.92. The summed E-state index contributed by atoms with van der Waals surface area (Å²) in [6.45, 7) is 6.22. The van der Waals surface area contributed by atoms with E-state index in [0.29, 0.717) is 0 Å². The molecule has 0 N–H and O–H groups in total. The normalized spacial score (nSPS) is 11.5. The fourth-order valence-corrected chi connectivity index (χ4v) is 2.03. The quantitative estimate of drug-likeness (QED) is 0.607. The molecule has 0 aromatic heterocycles. The molecule has 0 heterocycles. The first-order valence-corrected chi connectivity index (χ1v) is 6.83. The van der Waals surface area contributed by atoms with Gasteiger partial charge in [-0.05, 0) is 67.5 Å². The highest BCUT2D eigenvalue weighted by Gasteiger charge is 2.14. The fourth-order valence-electron chi connectivity index (χ4n) is 1.29. The molecule has 0 saturated heterocycles. The summed E-state index contributed by atoms with van der Waals surface area (Å²) in [5.74, 6) is 1.01. The highest BCUT2D eigenvalue weighted by Crippen LogP contribution is 2.26. The minimum Gasteiger partial charge on any atom is -0.488 e. The van der Waals surface area contributed by atoms with Crippen molar-refractivity contribution in [1.82, 2.24) is 0 Å². The minimum absolute atomic E-state index is 0.134. The number of ether oxygens (including phenoxy) is 1. The third kappa shape index (κ3) is 4.55. The molecule has 0 aliphatic heterocycles.